The lowest BCUT2D eigenvalue weighted by atomic mass is 10.2. The smallest absolute Gasteiger partial charge is 0.359 e. The molecule has 1 unspecified atom stereocenters. The molecule has 0 bridgehead atoms. The number of halogens is 1. The van der Waals surface area contributed by atoms with Gasteiger partial charge in [-0.05, 0) is 31.0 Å². The number of hydrogen-bond donors (Lipinski definition) is 1. The van der Waals surface area contributed by atoms with Gasteiger partial charge >= 0.3 is 5.97 Å². The number of nitrogens with one attached hydrogen (secondary N) is 1. The van der Waals surface area contributed by atoms with Crippen molar-refractivity contribution in [3.8, 4) is 0 Å². The largest absolute Gasteiger partial charge is 0.448 e. The van der Waals surface area contributed by atoms with E-state index in [1.165, 1.54) is 23.7 Å². The highest BCUT2D eigenvalue weighted by atomic mass is 35.5. The molecule has 26 heavy (non-hydrogen) atoms. The summed E-state index contributed by atoms with van der Waals surface area (Å²) >= 11 is 6.03. The molecule has 7 nitrogen and oxygen atoms in total. The fraction of sp³-hybridized carbons (Fsp3) is 0.333. The first-order valence-electron chi connectivity index (χ1n) is 8.22. The minimum Gasteiger partial charge on any atom is -0.448 e. The van der Waals surface area contributed by atoms with Gasteiger partial charge in [-0.15, -0.1) is 0 Å². The first-order valence-corrected chi connectivity index (χ1v) is 8.60. The number of esters is 1. The zero-order valence-corrected chi connectivity index (χ0v) is 15.3. The third-order valence-electron chi connectivity index (χ3n) is 3.58. The number of carbonyl (C=O) groups excluding carboxylic acids is 2. The maximum absolute atomic E-state index is 12.2. The van der Waals surface area contributed by atoms with Crippen molar-refractivity contribution in [3.05, 3.63) is 63.0 Å². The van der Waals surface area contributed by atoms with Crippen LogP contribution in [-0.4, -0.2) is 27.8 Å². The number of hydrogen-bond acceptors (Lipinski definition) is 5. The third kappa shape index (κ3) is 5.16. The van der Waals surface area contributed by atoms with Crippen molar-refractivity contribution in [1.29, 1.82) is 0 Å². The average Bonchev–Trinajstić information content (AvgIpc) is 2.62. The van der Waals surface area contributed by atoms with E-state index in [2.05, 4.69) is 10.4 Å². The van der Waals surface area contributed by atoms with Crippen molar-refractivity contribution >= 4 is 23.5 Å². The van der Waals surface area contributed by atoms with Gasteiger partial charge in [0.2, 0.25) is 0 Å². The predicted octanol–water partition coefficient (Wildman–Crippen LogP) is 2.17. The summed E-state index contributed by atoms with van der Waals surface area (Å²) in [4.78, 5) is 35.9. The minimum absolute atomic E-state index is 0.0243. The lowest BCUT2D eigenvalue weighted by molar-refractivity contribution is -0.129. The van der Waals surface area contributed by atoms with Crippen molar-refractivity contribution in [2.75, 3.05) is 0 Å². The van der Waals surface area contributed by atoms with E-state index in [0.29, 0.717) is 18.0 Å². The molecule has 0 aliphatic heterocycles. The Morgan fingerprint density at radius 1 is 1.27 bits per heavy atom. The minimum atomic E-state index is -1.02. The third-order valence-corrected chi connectivity index (χ3v) is 3.94. The van der Waals surface area contributed by atoms with Gasteiger partial charge in [0, 0.05) is 24.2 Å². The summed E-state index contributed by atoms with van der Waals surface area (Å²) in [5.41, 5.74) is 0.437. The lowest BCUT2D eigenvalue weighted by Gasteiger charge is -2.14. The summed E-state index contributed by atoms with van der Waals surface area (Å²) in [7, 11) is 0. The number of benzene rings is 1. The van der Waals surface area contributed by atoms with Gasteiger partial charge in [0.15, 0.2) is 11.8 Å². The van der Waals surface area contributed by atoms with E-state index < -0.39 is 18.0 Å². The molecule has 0 radical (unpaired) electrons. The number of ether oxygens (including phenoxy) is 1. The van der Waals surface area contributed by atoms with E-state index in [0.717, 1.165) is 5.56 Å². The summed E-state index contributed by atoms with van der Waals surface area (Å²) in [6.45, 7) is 3.97. The molecule has 8 heteroatoms. The maximum atomic E-state index is 12.2. The van der Waals surface area contributed by atoms with Gasteiger partial charge in [0.1, 0.15) is 0 Å². The lowest BCUT2D eigenvalue weighted by Crippen LogP contribution is -2.36. The number of carbonyl (C=O) groups is 2. The number of nitrogens with zero attached hydrogens (tertiary/aromatic N) is 2. The number of aromatic nitrogens is 2. The Morgan fingerprint density at radius 3 is 2.69 bits per heavy atom. The highest BCUT2D eigenvalue weighted by Crippen LogP contribution is 2.14. The van der Waals surface area contributed by atoms with Crippen LogP contribution in [0.4, 0.5) is 0 Å². The van der Waals surface area contributed by atoms with Crippen LogP contribution in [0.3, 0.4) is 0 Å². The van der Waals surface area contributed by atoms with Crippen molar-refractivity contribution in [2.45, 2.75) is 39.5 Å². The van der Waals surface area contributed by atoms with E-state index >= 15 is 0 Å². The predicted molar refractivity (Wildman–Crippen MR) is 97.0 cm³/mol. The van der Waals surface area contributed by atoms with Crippen LogP contribution in [0, 0.1) is 0 Å². The van der Waals surface area contributed by atoms with E-state index in [1.54, 1.807) is 18.2 Å². The first kappa shape index (κ1) is 19.7. The Balaban J connectivity index is 1.95. The molecule has 1 aromatic heterocycles. The molecule has 0 spiro atoms. The highest BCUT2D eigenvalue weighted by Gasteiger charge is 2.20. The Kier molecular flexibility index (Phi) is 6.91. The van der Waals surface area contributed by atoms with E-state index in [4.69, 9.17) is 16.3 Å². The fourth-order valence-corrected chi connectivity index (χ4v) is 2.37. The molecule has 1 atom stereocenters. The first-order chi connectivity index (χ1) is 12.4. The van der Waals surface area contributed by atoms with E-state index in [1.807, 2.05) is 13.0 Å². The summed E-state index contributed by atoms with van der Waals surface area (Å²) in [6, 6.07) is 9.66. The van der Waals surface area contributed by atoms with Crippen LogP contribution in [0.1, 0.15) is 36.3 Å². The van der Waals surface area contributed by atoms with Crippen molar-refractivity contribution < 1.29 is 14.3 Å². The molecule has 0 saturated carbocycles. The van der Waals surface area contributed by atoms with Crippen LogP contribution in [0.2, 0.25) is 5.02 Å². The maximum Gasteiger partial charge on any atom is 0.359 e. The molecular formula is C18H20ClN3O4. The Bertz CT molecular complexity index is 850. The van der Waals surface area contributed by atoms with Crippen LogP contribution in [0.15, 0.2) is 41.2 Å². The van der Waals surface area contributed by atoms with Gasteiger partial charge in [-0.1, -0.05) is 36.7 Å². The van der Waals surface area contributed by atoms with Crippen molar-refractivity contribution in [1.82, 2.24) is 15.1 Å². The number of rotatable bonds is 7. The Morgan fingerprint density at radius 2 is 2.00 bits per heavy atom. The highest BCUT2D eigenvalue weighted by molar-refractivity contribution is 6.31. The van der Waals surface area contributed by atoms with Crippen LogP contribution in [0.5, 0.6) is 0 Å². The molecule has 2 rings (SSSR count). The van der Waals surface area contributed by atoms with Crippen LogP contribution >= 0.6 is 11.6 Å². The van der Waals surface area contributed by atoms with Gasteiger partial charge in [-0.3, -0.25) is 9.59 Å². The van der Waals surface area contributed by atoms with E-state index in [-0.39, 0.29) is 17.8 Å². The van der Waals surface area contributed by atoms with Crippen LogP contribution in [0.25, 0.3) is 0 Å². The van der Waals surface area contributed by atoms with E-state index in [9.17, 15) is 14.4 Å². The molecular weight excluding hydrogens is 358 g/mol. The molecule has 1 N–H and O–H groups in total. The monoisotopic (exact) mass is 377 g/mol. The van der Waals surface area contributed by atoms with Gasteiger partial charge in [0.05, 0.1) is 0 Å². The van der Waals surface area contributed by atoms with Crippen molar-refractivity contribution in [3.63, 3.8) is 0 Å². The van der Waals surface area contributed by atoms with Crippen LogP contribution < -0.4 is 10.9 Å². The standard InChI is InChI=1S/C18H20ClN3O4/c1-3-10-22-16(23)9-8-15(21-22)18(25)26-12(2)17(24)20-11-13-6-4-5-7-14(13)19/h4-9,12H,3,10-11H2,1-2H3,(H,20,24). The normalized spacial score (nSPS) is 11.7. The second kappa shape index (κ2) is 9.15. The molecule has 2 aromatic rings. The molecule has 1 heterocycles. The SMILES string of the molecule is CCCn1nc(C(=O)OC(C)C(=O)NCc2ccccc2Cl)ccc1=O. The summed E-state index contributed by atoms with van der Waals surface area (Å²) in [5.74, 6) is -1.23. The second-order valence-electron chi connectivity index (χ2n) is 5.64. The second-order valence-corrected chi connectivity index (χ2v) is 6.04. The topological polar surface area (TPSA) is 90.3 Å². The molecule has 1 aromatic carbocycles. The summed E-state index contributed by atoms with van der Waals surface area (Å²) < 4.78 is 6.32. The Hall–Kier alpha value is -2.67. The van der Waals surface area contributed by atoms with Crippen molar-refractivity contribution in [2.24, 2.45) is 0 Å². The molecule has 0 aliphatic carbocycles. The van der Waals surface area contributed by atoms with Gasteiger partial charge in [-0.2, -0.15) is 5.10 Å². The molecule has 1 amide bonds. The van der Waals surface area contributed by atoms with Gasteiger partial charge in [0.25, 0.3) is 11.5 Å². The van der Waals surface area contributed by atoms with Gasteiger partial charge < -0.3 is 10.1 Å². The summed E-state index contributed by atoms with van der Waals surface area (Å²) in [6.07, 6.45) is -0.315. The summed E-state index contributed by atoms with van der Waals surface area (Å²) in [5, 5.41) is 7.16. The molecule has 138 valence electrons. The average molecular weight is 378 g/mol. The molecule has 0 aliphatic rings. The zero-order valence-electron chi connectivity index (χ0n) is 14.6. The molecule has 0 saturated heterocycles. The zero-order chi connectivity index (χ0) is 19.1. The quantitative estimate of drug-likeness (QED) is 0.747. The molecule has 0 fully saturated rings. The fourth-order valence-electron chi connectivity index (χ4n) is 2.17. The number of aryl methyl sites for hydroxylation is 1. The van der Waals surface area contributed by atoms with Gasteiger partial charge in [-0.25, -0.2) is 9.48 Å². The van der Waals surface area contributed by atoms with Crippen LogP contribution in [-0.2, 0) is 22.6 Å². The Labute approximate surface area is 155 Å². The number of amides is 1.